The van der Waals surface area contributed by atoms with E-state index in [1.54, 1.807) is 10.8 Å². The number of carboxylic acids is 1. The third-order valence-electron chi connectivity index (χ3n) is 4.07. The van der Waals surface area contributed by atoms with Crippen LogP contribution in [-0.2, 0) is 9.59 Å². The lowest BCUT2D eigenvalue weighted by Crippen LogP contribution is -2.36. The smallest absolute Gasteiger partial charge is 0.315 e. The molecule has 2 aliphatic rings. The number of aliphatic carboxylic acids is 1. The fourth-order valence-corrected chi connectivity index (χ4v) is 6.27. The van der Waals surface area contributed by atoms with Gasteiger partial charge in [0.1, 0.15) is 0 Å². The van der Waals surface area contributed by atoms with E-state index in [0.717, 1.165) is 30.8 Å². The largest absolute Gasteiger partial charge is 0.481 e. The maximum atomic E-state index is 11.8. The number of thioether (sulfide) groups is 1. The quantitative estimate of drug-likeness (QED) is 0.221. The summed E-state index contributed by atoms with van der Waals surface area (Å²) in [5.41, 5.74) is 0. The number of carbonyl (C=O) groups is 3. The van der Waals surface area contributed by atoms with Crippen LogP contribution in [0.1, 0.15) is 32.1 Å². The predicted molar refractivity (Wildman–Crippen MR) is 104 cm³/mol. The summed E-state index contributed by atoms with van der Waals surface area (Å²) in [6.07, 6.45) is 3.58. The van der Waals surface area contributed by atoms with Gasteiger partial charge < -0.3 is 21.1 Å². The second kappa shape index (κ2) is 11.1. The first-order valence-corrected chi connectivity index (χ1v) is 12.0. The van der Waals surface area contributed by atoms with Gasteiger partial charge in [0.2, 0.25) is 5.91 Å². The van der Waals surface area contributed by atoms with E-state index >= 15 is 0 Å². The summed E-state index contributed by atoms with van der Waals surface area (Å²) in [6, 6.07) is 0.442. The fourth-order valence-electron chi connectivity index (χ4n) is 2.84. The molecule has 142 valence electrons. The van der Waals surface area contributed by atoms with Crippen LogP contribution in [0.25, 0.3) is 0 Å². The molecule has 2 fully saturated rings. The van der Waals surface area contributed by atoms with Crippen LogP contribution in [0.3, 0.4) is 0 Å². The Bertz CT molecular complexity index is 481. The van der Waals surface area contributed by atoms with Gasteiger partial charge in [0, 0.05) is 35.5 Å². The molecule has 4 N–H and O–H groups in total. The lowest BCUT2D eigenvalue weighted by Gasteiger charge is -2.16. The van der Waals surface area contributed by atoms with Crippen molar-refractivity contribution in [3.05, 3.63) is 0 Å². The van der Waals surface area contributed by atoms with E-state index in [2.05, 4.69) is 16.0 Å². The van der Waals surface area contributed by atoms with E-state index < -0.39 is 5.97 Å². The molecule has 2 aliphatic heterocycles. The number of nitrogens with one attached hydrogen (secondary N) is 3. The Kier molecular flexibility index (Phi) is 9.11. The number of rotatable bonds is 12. The highest BCUT2D eigenvalue weighted by Crippen LogP contribution is 2.33. The maximum absolute atomic E-state index is 11.8. The third-order valence-corrected chi connectivity index (χ3v) is 7.99. The molecule has 3 amide bonds. The molecule has 2 rings (SSSR count). The number of fused-ring (bicyclic) bond motifs is 1. The first-order chi connectivity index (χ1) is 12.1. The first kappa shape index (κ1) is 20.6. The lowest BCUT2D eigenvalue weighted by molar-refractivity contribution is -0.136. The van der Waals surface area contributed by atoms with Gasteiger partial charge in [0.15, 0.2) is 0 Å². The molecule has 0 bridgehead atoms. The second-order valence-corrected chi connectivity index (χ2v) is 9.98. The summed E-state index contributed by atoms with van der Waals surface area (Å²) in [4.78, 5) is 33.4. The minimum Gasteiger partial charge on any atom is -0.481 e. The van der Waals surface area contributed by atoms with Crippen LogP contribution in [-0.4, -0.2) is 64.2 Å². The molecule has 0 aliphatic carbocycles. The zero-order valence-electron chi connectivity index (χ0n) is 14.0. The molecule has 3 atom stereocenters. The zero-order valence-corrected chi connectivity index (χ0v) is 16.4. The predicted octanol–water partition coefficient (Wildman–Crippen LogP) is 1.68. The molecule has 0 spiro atoms. The van der Waals surface area contributed by atoms with Crippen molar-refractivity contribution in [3.8, 4) is 0 Å². The Morgan fingerprint density at radius 1 is 1.20 bits per heavy atom. The molecule has 0 radical (unpaired) electrons. The van der Waals surface area contributed by atoms with E-state index in [0.29, 0.717) is 24.0 Å². The first-order valence-electron chi connectivity index (χ1n) is 8.48. The summed E-state index contributed by atoms with van der Waals surface area (Å²) < 4.78 is 0. The van der Waals surface area contributed by atoms with Gasteiger partial charge in [-0.3, -0.25) is 9.59 Å². The summed E-state index contributed by atoms with van der Waals surface area (Å²) in [6.45, 7) is 0.615. The van der Waals surface area contributed by atoms with Crippen molar-refractivity contribution in [1.82, 2.24) is 16.0 Å². The molecule has 2 saturated heterocycles. The third kappa shape index (κ3) is 7.57. The van der Waals surface area contributed by atoms with Crippen molar-refractivity contribution in [2.75, 3.05) is 23.8 Å². The van der Waals surface area contributed by atoms with Crippen LogP contribution in [0.4, 0.5) is 4.79 Å². The highest BCUT2D eigenvalue weighted by Gasteiger charge is 2.42. The summed E-state index contributed by atoms with van der Waals surface area (Å²) in [5, 5.41) is 17.8. The molecule has 25 heavy (non-hydrogen) atoms. The number of urea groups is 1. The molecule has 0 aromatic carbocycles. The highest BCUT2D eigenvalue weighted by molar-refractivity contribution is 8.76. The van der Waals surface area contributed by atoms with Crippen molar-refractivity contribution < 1.29 is 19.5 Å². The van der Waals surface area contributed by atoms with E-state index in [9.17, 15) is 14.4 Å². The lowest BCUT2D eigenvalue weighted by atomic mass is 10.0. The highest BCUT2D eigenvalue weighted by atomic mass is 33.1. The number of carboxylic acid groups (broad SMARTS) is 1. The van der Waals surface area contributed by atoms with Crippen LogP contribution in [0.15, 0.2) is 0 Å². The van der Waals surface area contributed by atoms with Crippen molar-refractivity contribution in [3.63, 3.8) is 0 Å². The van der Waals surface area contributed by atoms with Gasteiger partial charge in [0.25, 0.3) is 0 Å². The van der Waals surface area contributed by atoms with Gasteiger partial charge in [-0.05, 0) is 12.8 Å². The van der Waals surface area contributed by atoms with Crippen molar-refractivity contribution in [2.45, 2.75) is 49.4 Å². The second-order valence-electron chi connectivity index (χ2n) is 6.01. The van der Waals surface area contributed by atoms with E-state index in [4.69, 9.17) is 5.11 Å². The summed E-state index contributed by atoms with van der Waals surface area (Å²) in [5.74, 6) is 1.63. The number of carbonyl (C=O) groups excluding carboxylic acids is 2. The molecule has 3 unspecified atom stereocenters. The zero-order chi connectivity index (χ0) is 18.1. The van der Waals surface area contributed by atoms with Gasteiger partial charge in [-0.2, -0.15) is 11.8 Å². The molecular formula is C15H25N3O4S3. The van der Waals surface area contributed by atoms with Gasteiger partial charge >= 0.3 is 12.0 Å². The SMILES string of the molecule is O=C(O)CCSSCCNC(=O)CCCCC1SCC2NC(=O)NC21. The number of hydrogen-bond donors (Lipinski definition) is 4. The Morgan fingerprint density at radius 3 is 2.80 bits per heavy atom. The number of hydrogen-bond acceptors (Lipinski definition) is 6. The van der Waals surface area contributed by atoms with Crippen LogP contribution < -0.4 is 16.0 Å². The van der Waals surface area contributed by atoms with Gasteiger partial charge in [0.05, 0.1) is 18.5 Å². The van der Waals surface area contributed by atoms with E-state index in [1.807, 2.05) is 11.8 Å². The molecule has 0 aromatic rings. The molecule has 2 heterocycles. The molecule has 10 heteroatoms. The van der Waals surface area contributed by atoms with Crippen LogP contribution >= 0.6 is 33.3 Å². The Balaban J connectivity index is 1.42. The topological polar surface area (TPSA) is 108 Å². The van der Waals surface area contributed by atoms with Crippen LogP contribution in [0, 0.1) is 0 Å². The van der Waals surface area contributed by atoms with Gasteiger partial charge in [-0.25, -0.2) is 4.79 Å². The van der Waals surface area contributed by atoms with Gasteiger partial charge in [-0.1, -0.05) is 28.0 Å². The number of unbranched alkanes of at least 4 members (excludes halogenated alkanes) is 1. The standard InChI is InChI=1S/C15H25N3O4S3/c19-12(16-6-8-25-24-7-5-13(20)21)4-2-1-3-11-14-10(9-23-11)17-15(22)18-14/h10-11,14H,1-9H2,(H,16,19)(H,20,21)(H2,17,18,22). The Hall–Kier alpha value is -0.740. The average molecular weight is 408 g/mol. The fraction of sp³-hybridized carbons (Fsp3) is 0.800. The molecular weight excluding hydrogens is 382 g/mol. The Labute approximate surface area is 160 Å². The van der Waals surface area contributed by atoms with E-state index in [-0.39, 0.29) is 30.4 Å². The summed E-state index contributed by atoms with van der Waals surface area (Å²) in [7, 11) is 3.11. The van der Waals surface area contributed by atoms with E-state index in [1.165, 1.54) is 10.8 Å². The minimum atomic E-state index is -0.778. The molecule has 0 aromatic heterocycles. The van der Waals surface area contributed by atoms with Crippen LogP contribution in [0.5, 0.6) is 0 Å². The number of amides is 3. The van der Waals surface area contributed by atoms with Crippen molar-refractivity contribution >= 4 is 51.3 Å². The average Bonchev–Trinajstić information content (AvgIpc) is 3.10. The molecule has 0 saturated carbocycles. The van der Waals surface area contributed by atoms with Crippen molar-refractivity contribution in [1.29, 1.82) is 0 Å². The Morgan fingerprint density at radius 2 is 2.00 bits per heavy atom. The van der Waals surface area contributed by atoms with Crippen molar-refractivity contribution in [2.24, 2.45) is 0 Å². The normalized spacial score (nSPS) is 24.5. The maximum Gasteiger partial charge on any atom is 0.315 e. The minimum absolute atomic E-state index is 0.0568. The molecule has 7 nitrogen and oxygen atoms in total. The summed E-state index contributed by atoms with van der Waals surface area (Å²) >= 11 is 1.90. The van der Waals surface area contributed by atoms with Gasteiger partial charge in [-0.15, -0.1) is 0 Å². The monoisotopic (exact) mass is 407 g/mol. The van der Waals surface area contributed by atoms with Crippen LogP contribution in [0.2, 0.25) is 0 Å².